The van der Waals surface area contributed by atoms with E-state index in [0.29, 0.717) is 0 Å². The van der Waals surface area contributed by atoms with Crippen molar-refractivity contribution in [2.24, 2.45) is 5.92 Å². The highest BCUT2D eigenvalue weighted by atomic mass is 16.5. The fraction of sp³-hybridized carbons (Fsp3) is 0.375. The largest absolute Gasteiger partial charge is 0.480 e. The molecule has 2 aliphatic rings. The molecule has 1 fully saturated rings. The van der Waals surface area contributed by atoms with E-state index in [1.165, 1.54) is 0 Å². The Hall–Kier alpha value is -3.43. The summed E-state index contributed by atoms with van der Waals surface area (Å²) in [6.45, 7) is -0.0760. The van der Waals surface area contributed by atoms with Crippen LogP contribution in [-0.4, -0.2) is 66.7 Å². The minimum atomic E-state index is -1.24. The van der Waals surface area contributed by atoms with Crippen LogP contribution in [0.15, 0.2) is 48.5 Å². The second kappa shape index (κ2) is 10.0. The summed E-state index contributed by atoms with van der Waals surface area (Å²) < 4.78 is 10.9. The van der Waals surface area contributed by atoms with Gasteiger partial charge in [-0.2, -0.15) is 0 Å². The van der Waals surface area contributed by atoms with Gasteiger partial charge in [0.15, 0.2) is 0 Å². The predicted octanol–water partition coefficient (Wildman–Crippen LogP) is 1.49. The first kappa shape index (κ1) is 22.8. The van der Waals surface area contributed by atoms with Gasteiger partial charge in [-0.25, -0.2) is 9.59 Å². The van der Waals surface area contributed by atoms with E-state index in [1.807, 2.05) is 36.4 Å². The van der Waals surface area contributed by atoms with Crippen molar-refractivity contribution in [1.82, 2.24) is 10.6 Å². The van der Waals surface area contributed by atoms with Crippen LogP contribution < -0.4 is 10.6 Å². The van der Waals surface area contributed by atoms with E-state index in [4.69, 9.17) is 14.6 Å². The number of hydrogen-bond donors (Lipinski definition) is 4. The fourth-order valence-electron chi connectivity index (χ4n) is 4.41. The summed E-state index contributed by atoms with van der Waals surface area (Å²) in [5.41, 5.74) is 4.44. The van der Waals surface area contributed by atoms with Crippen molar-refractivity contribution in [1.29, 1.82) is 0 Å². The normalized spacial score (nSPS) is 19.9. The zero-order chi connectivity index (χ0) is 23.4. The first-order chi connectivity index (χ1) is 16.0. The molecule has 4 N–H and O–H groups in total. The van der Waals surface area contributed by atoms with Crippen molar-refractivity contribution in [3.05, 3.63) is 59.7 Å². The number of carbonyl (C=O) groups is 3. The number of alkyl carbamates (subject to hydrolysis) is 1. The molecule has 2 aromatic rings. The standard InChI is InChI=1S/C24H26N2O7/c27-10-9-20(23(29)30)25-22(28)19-11-32-13-21(19)26-24(31)33-12-18-16-7-3-1-5-14(16)15-6-2-4-8-17(15)18/h1-8,18-21,27H,9-13H2,(H,25,28)(H,26,31)(H,29,30). The monoisotopic (exact) mass is 454 g/mol. The lowest BCUT2D eigenvalue weighted by Crippen LogP contribution is -2.50. The molecule has 1 aliphatic carbocycles. The highest BCUT2D eigenvalue weighted by molar-refractivity contribution is 5.86. The van der Waals surface area contributed by atoms with Gasteiger partial charge in [0.2, 0.25) is 5.91 Å². The zero-order valence-corrected chi connectivity index (χ0v) is 17.9. The fourth-order valence-corrected chi connectivity index (χ4v) is 4.41. The summed E-state index contributed by atoms with van der Waals surface area (Å²) in [5, 5.41) is 23.2. The minimum Gasteiger partial charge on any atom is -0.480 e. The van der Waals surface area contributed by atoms with Gasteiger partial charge in [0.1, 0.15) is 12.6 Å². The molecule has 4 rings (SSSR count). The van der Waals surface area contributed by atoms with E-state index in [-0.39, 0.29) is 38.8 Å². The maximum atomic E-state index is 12.5. The average Bonchev–Trinajstić information content (AvgIpc) is 3.40. The molecule has 0 radical (unpaired) electrons. The molecule has 2 aromatic carbocycles. The summed E-state index contributed by atoms with van der Waals surface area (Å²) in [6, 6.07) is 14.2. The molecule has 0 bridgehead atoms. The Balaban J connectivity index is 1.36. The number of nitrogens with one attached hydrogen (secondary N) is 2. The number of aliphatic hydroxyl groups excluding tert-OH is 1. The van der Waals surface area contributed by atoms with E-state index in [1.54, 1.807) is 0 Å². The van der Waals surface area contributed by atoms with Crippen LogP contribution in [0.2, 0.25) is 0 Å². The molecular formula is C24H26N2O7. The third kappa shape index (κ3) is 4.84. The molecular weight excluding hydrogens is 428 g/mol. The topological polar surface area (TPSA) is 134 Å². The quantitative estimate of drug-likeness (QED) is 0.475. The summed E-state index contributed by atoms with van der Waals surface area (Å²) >= 11 is 0. The SMILES string of the molecule is O=C(NC1COCC1C(=O)NC(CCO)C(=O)O)OCC1c2ccccc2-c2ccccc21. The Morgan fingerprint density at radius 2 is 1.67 bits per heavy atom. The number of carbonyl (C=O) groups excluding carboxylic acids is 2. The van der Waals surface area contributed by atoms with Gasteiger partial charge in [-0.05, 0) is 22.3 Å². The van der Waals surface area contributed by atoms with Gasteiger partial charge in [0, 0.05) is 18.9 Å². The molecule has 0 saturated carbocycles. The van der Waals surface area contributed by atoms with Crippen molar-refractivity contribution in [2.45, 2.75) is 24.4 Å². The highest BCUT2D eigenvalue weighted by Gasteiger charge is 2.37. The second-order valence-corrected chi connectivity index (χ2v) is 8.13. The van der Waals surface area contributed by atoms with Crippen LogP contribution >= 0.6 is 0 Å². The first-order valence-electron chi connectivity index (χ1n) is 10.8. The molecule has 1 heterocycles. The number of ether oxygens (including phenoxy) is 2. The van der Waals surface area contributed by atoms with E-state index in [9.17, 15) is 19.5 Å². The van der Waals surface area contributed by atoms with Crippen LogP contribution in [0.4, 0.5) is 4.79 Å². The molecule has 9 heteroatoms. The van der Waals surface area contributed by atoms with E-state index in [0.717, 1.165) is 22.3 Å². The number of carboxylic acids is 1. The Morgan fingerprint density at radius 3 is 2.27 bits per heavy atom. The molecule has 3 unspecified atom stereocenters. The Morgan fingerprint density at radius 1 is 1.03 bits per heavy atom. The lowest BCUT2D eigenvalue weighted by Gasteiger charge is -2.21. The molecule has 0 spiro atoms. The average molecular weight is 454 g/mol. The number of benzene rings is 2. The number of fused-ring (bicyclic) bond motifs is 3. The minimum absolute atomic E-state index is 0.0472. The van der Waals surface area contributed by atoms with Gasteiger partial charge >= 0.3 is 12.1 Å². The van der Waals surface area contributed by atoms with E-state index >= 15 is 0 Å². The summed E-state index contributed by atoms with van der Waals surface area (Å²) in [6.07, 6.45) is -0.783. The number of aliphatic hydroxyl groups is 1. The number of rotatable bonds is 8. The number of carboxylic acid groups (broad SMARTS) is 1. The lowest BCUT2D eigenvalue weighted by atomic mass is 9.98. The number of amides is 2. The molecule has 3 atom stereocenters. The van der Waals surface area contributed by atoms with Gasteiger partial charge in [-0.3, -0.25) is 4.79 Å². The highest BCUT2D eigenvalue weighted by Crippen LogP contribution is 2.44. The third-order valence-electron chi connectivity index (χ3n) is 6.10. The maximum absolute atomic E-state index is 12.5. The predicted molar refractivity (Wildman–Crippen MR) is 118 cm³/mol. The molecule has 9 nitrogen and oxygen atoms in total. The van der Waals surface area contributed by atoms with Gasteiger partial charge < -0.3 is 30.3 Å². The number of aliphatic carboxylic acids is 1. The van der Waals surface area contributed by atoms with Crippen molar-refractivity contribution >= 4 is 18.0 Å². The first-order valence-corrected chi connectivity index (χ1v) is 10.8. The van der Waals surface area contributed by atoms with Crippen LogP contribution in [0.3, 0.4) is 0 Å². The molecule has 1 aliphatic heterocycles. The summed E-state index contributed by atoms with van der Waals surface area (Å²) in [7, 11) is 0. The Bertz CT molecular complexity index is 995. The van der Waals surface area contributed by atoms with Gasteiger partial charge in [-0.15, -0.1) is 0 Å². The van der Waals surface area contributed by atoms with E-state index < -0.39 is 36.0 Å². The van der Waals surface area contributed by atoms with Crippen LogP contribution in [0, 0.1) is 5.92 Å². The van der Waals surface area contributed by atoms with Crippen molar-refractivity contribution < 1.29 is 34.1 Å². The maximum Gasteiger partial charge on any atom is 0.407 e. The molecule has 0 aromatic heterocycles. The van der Waals surface area contributed by atoms with Gasteiger partial charge in [0.05, 0.1) is 25.2 Å². The Kier molecular flexibility index (Phi) is 6.90. The van der Waals surface area contributed by atoms with Crippen LogP contribution in [0.1, 0.15) is 23.5 Å². The van der Waals surface area contributed by atoms with Crippen LogP contribution in [0.5, 0.6) is 0 Å². The van der Waals surface area contributed by atoms with Gasteiger partial charge in [-0.1, -0.05) is 48.5 Å². The van der Waals surface area contributed by atoms with Crippen molar-refractivity contribution in [3.63, 3.8) is 0 Å². The number of hydrogen-bond acceptors (Lipinski definition) is 6. The van der Waals surface area contributed by atoms with Crippen molar-refractivity contribution in [3.8, 4) is 11.1 Å². The second-order valence-electron chi connectivity index (χ2n) is 8.13. The zero-order valence-electron chi connectivity index (χ0n) is 17.9. The summed E-state index contributed by atoms with van der Waals surface area (Å²) in [5.74, 6) is -2.64. The van der Waals surface area contributed by atoms with Crippen molar-refractivity contribution in [2.75, 3.05) is 26.4 Å². The molecule has 174 valence electrons. The Labute approximate surface area is 190 Å². The third-order valence-corrected chi connectivity index (χ3v) is 6.10. The molecule has 2 amide bonds. The van der Waals surface area contributed by atoms with Gasteiger partial charge in [0.25, 0.3) is 0 Å². The van der Waals surface area contributed by atoms with Crippen LogP contribution in [0.25, 0.3) is 11.1 Å². The smallest absolute Gasteiger partial charge is 0.407 e. The molecule has 1 saturated heterocycles. The molecule has 33 heavy (non-hydrogen) atoms. The lowest BCUT2D eigenvalue weighted by molar-refractivity contribution is -0.143. The summed E-state index contributed by atoms with van der Waals surface area (Å²) in [4.78, 5) is 36.3. The van der Waals surface area contributed by atoms with Crippen LogP contribution in [-0.2, 0) is 19.1 Å². The van der Waals surface area contributed by atoms with E-state index in [2.05, 4.69) is 22.8 Å².